The molecule has 1 aliphatic heterocycles. The predicted molar refractivity (Wildman–Crippen MR) is 176 cm³/mol. The zero-order valence-corrected chi connectivity index (χ0v) is 28.5. The van der Waals surface area contributed by atoms with E-state index in [2.05, 4.69) is 31.1 Å². The summed E-state index contributed by atoms with van der Waals surface area (Å²) in [6, 6.07) is 5.85. The molecule has 0 saturated carbocycles. The van der Waals surface area contributed by atoms with Gasteiger partial charge in [0.2, 0.25) is 12.1 Å². The molecule has 52 heavy (non-hydrogen) atoms. The first-order valence-corrected chi connectivity index (χ1v) is 17.1. The molecule has 0 radical (unpaired) electrons. The minimum absolute atomic E-state index is 0.0202. The molecule has 1 saturated heterocycles. The van der Waals surface area contributed by atoms with E-state index in [-0.39, 0.29) is 33.9 Å². The van der Waals surface area contributed by atoms with Crippen molar-refractivity contribution in [3.05, 3.63) is 65.7 Å². The summed E-state index contributed by atoms with van der Waals surface area (Å²) in [6.45, 7) is 2.31. The zero-order valence-electron chi connectivity index (χ0n) is 26.8. The van der Waals surface area contributed by atoms with Gasteiger partial charge in [0, 0.05) is 17.3 Å². The van der Waals surface area contributed by atoms with E-state index in [1.165, 1.54) is 37.3 Å². The van der Waals surface area contributed by atoms with Gasteiger partial charge in [-0.25, -0.2) is 4.79 Å². The van der Waals surface area contributed by atoms with E-state index in [1.807, 2.05) is 10.6 Å². The number of ketones is 1. The summed E-state index contributed by atoms with van der Waals surface area (Å²) in [5, 5.41) is 23.1. The van der Waals surface area contributed by atoms with E-state index in [0.29, 0.717) is 0 Å². The minimum Gasteiger partial charge on any atom is -0.495 e. The fourth-order valence-corrected chi connectivity index (χ4v) is 5.73. The number of imide groups is 2. The lowest BCUT2D eigenvalue weighted by molar-refractivity contribution is -0.132. The van der Waals surface area contributed by atoms with Crippen LogP contribution in [0.5, 0.6) is 5.75 Å². The highest BCUT2D eigenvalue weighted by molar-refractivity contribution is 7.86. The van der Waals surface area contributed by atoms with Crippen molar-refractivity contribution >= 4 is 78.4 Å². The number of barbiturate groups is 1. The van der Waals surface area contributed by atoms with Gasteiger partial charge in [0.25, 0.3) is 43.9 Å². The molecule has 4 rings (SSSR count). The van der Waals surface area contributed by atoms with Crippen LogP contribution in [0.25, 0.3) is 0 Å². The van der Waals surface area contributed by atoms with E-state index in [1.54, 1.807) is 0 Å². The van der Waals surface area contributed by atoms with Crippen LogP contribution < -0.4 is 26.0 Å². The van der Waals surface area contributed by atoms with Crippen molar-refractivity contribution in [2.24, 2.45) is 20.5 Å². The number of nitrogens with zero attached hydrogens (tertiary/aromatic N) is 4. The summed E-state index contributed by atoms with van der Waals surface area (Å²) in [4.78, 5) is 71.6. The molecule has 0 spiro atoms. The van der Waals surface area contributed by atoms with Gasteiger partial charge in [-0.1, -0.05) is 0 Å². The molecule has 1 unspecified atom stereocenters. The summed E-state index contributed by atoms with van der Waals surface area (Å²) < 4.78 is 72.1. The molecule has 6 amide bonds. The molecule has 0 bridgehead atoms. The third-order valence-electron chi connectivity index (χ3n) is 6.83. The van der Waals surface area contributed by atoms with E-state index in [4.69, 9.17) is 4.74 Å². The molecule has 6 N–H and O–H groups in total. The fraction of sp³-hybridized carbons (Fsp3) is 0.172. The van der Waals surface area contributed by atoms with Crippen LogP contribution in [-0.4, -0.2) is 80.6 Å². The molecule has 1 fully saturated rings. The number of azo groups is 2. The van der Waals surface area contributed by atoms with Crippen molar-refractivity contribution < 1.29 is 59.4 Å². The van der Waals surface area contributed by atoms with Crippen molar-refractivity contribution in [3.8, 4) is 5.75 Å². The Hall–Kier alpha value is -6.30. The smallest absolute Gasteiger partial charge is 0.328 e. The van der Waals surface area contributed by atoms with Crippen LogP contribution >= 0.6 is 0 Å². The Balaban J connectivity index is 1.51. The highest BCUT2D eigenvalue weighted by atomic mass is 32.2. The number of urea groups is 1. The van der Waals surface area contributed by atoms with Crippen molar-refractivity contribution in [2.75, 3.05) is 17.7 Å². The number of hydrogen-bond donors (Lipinski definition) is 6. The van der Waals surface area contributed by atoms with Crippen molar-refractivity contribution in [1.29, 1.82) is 0 Å². The maximum Gasteiger partial charge on any atom is 0.328 e. The first-order chi connectivity index (χ1) is 24.3. The first-order valence-electron chi connectivity index (χ1n) is 14.3. The topological polar surface area (TPSA) is 318 Å². The van der Waals surface area contributed by atoms with Gasteiger partial charge in [-0.3, -0.25) is 43.7 Å². The number of benzene rings is 3. The molecular weight excluding hydrogens is 732 g/mol. The van der Waals surface area contributed by atoms with Gasteiger partial charge < -0.3 is 15.4 Å². The van der Waals surface area contributed by atoms with Crippen LogP contribution in [0.2, 0.25) is 0 Å². The summed E-state index contributed by atoms with van der Waals surface area (Å²) >= 11 is 0. The SMILES string of the molecule is COc1cc(S(=O)(=O)O)c(C)cc1NC(=O)C(/N=N/c1ccc(NC(=O)c2ccc(/N=N/C3C(=O)NC(=O)NC3=O)cc2)cc1S(=O)(=O)O)C(C)=O. The van der Waals surface area contributed by atoms with Gasteiger partial charge in [-0.15, -0.1) is 0 Å². The number of nitrogens with one attached hydrogen (secondary N) is 4. The number of hydrogen-bond acceptors (Lipinski definition) is 15. The van der Waals surface area contributed by atoms with Crippen LogP contribution in [0.4, 0.5) is 27.5 Å². The normalized spacial score (nSPS) is 14.5. The summed E-state index contributed by atoms with van der Waals surface area (Å²) in [6.07, 6.45) is 0. The number of carbonyl (C=O) groups is 6. The molecule has 21 nitrogen and oxygen atoms in total. The Morgan fingerprint density at radius 2 is 1.46 bits per heavy atom. The van der Waals surface area contributed by atoms with Crippen molar-refractivity contribution in [1.82, 2.24) is 10.6 Å². The second kappa shape index (κ2) is 15.3. The highest BCUT2D eigenvalue weighted by Gasteiger charge is 2.34. The number of amides is 6. The lowest BCUT2D eigenvalue weighted by Gasteiger charge is -2.16. The molecule has 3 aromatic carbocycles. The van der Waals surface area contributed by atoms with Crippen LogP contribution in [0, 0.1) is 6.92 Å². The Labute approximate surface area is 293 Å². The van der Waals surface area contributed by atoms with Gasteiger partial charge in [0.05, 0.1) is 18.5 Å². The molecule has 1 aliphatic rings. The second-order valence-corrected chi connectivity index (χ2v) is 13.4. The fourth-order valence-electron chi connectivity index (χ4n) is 4.36. The summed E-state index contributed by atoms with van der Waals surface area (Å²) in [5.41, 5.74) is -0.584. The Morgan fingerprint density at radius 1 is 0.846 bits per heavy atom. The molecule has 272 valence electrons. The maximum absolute atomic E-state index is 13.0. The van der Waals surface area contributed by atoms with Crippen LogP contribution in [0.15, 0.2) is 84.8 Å². The number of anilines is 2. The molecular formula is C29H26N8O13S2. The van der Waals surface area contributed by atoms with Crippen molar-refractivity contribution in [2.45, 2.75) is 35.7 Å². The first kappa shape index (κ1) is 38.5. The van der Waals surface area contributed by atoms with Gasteiger partial charge in [0.1, 0.15) is 21.2 Å². The number of ether oxygens (including phenoxy) is 1. The Morgan fingerprint density at radius 3 is 2.02 bits per heavy atom. The van der Waals surface area contributed by atoms with Crippen LogP contribution in [0.1, 0.15) is 22.8 Å². The predicted octanol–water partition coefficient (Wildman–Crippen LogP) is 2.25. The van der Waals surface area contributed by atoms with E-state index < -0.39 is 83.2 Å². The van der Waals surface area contributed by atoms with E-state index in [9.17, 15) is 54.7 Å². The third-order valence-corrected chi connectivity index (χ3v) is 8.71. The average Bonchev–Trinajstić information content (AvgIpc) is 3.04. The van der Waals surface area contributed by atoms with Crippen molar-refractivity contribution in [3.63, 3.8) is 0 Å². The van der Waals surface area contributed by atoms with Crippen LogP contribution in [-0.2, 0) is 39.4 Å². The summed E-state index contributed by atoms with van der Waals surface area (Å²) in [5.74, 6) is -4.84. The van der Waals surface area contributed by atoms with E-state index >= 15 is 0 Å². The third kappa shape index (κ3) is 9.27. The number of Topliss-reactive ketones (excluding diaryl/α,β-unsaturated/α-hetero) is 1. The monoisotopic (exact) mass is 758 g/mol. The summed E-state index contributed by atoms with van der Waals surface area (Å²) in [7, 11) is -8.52. The lowest BCUT2D eigenvalue weighted by Crippen LogP contribution is -2.57. The zero-order chi connectivity index (χ0) is 38.5. The van der Waals surface area contributed by atoms with Gasteiger partial charge >= 0.3 is 6.03 Å². The second-order valence-electron chi connectivity index (χ2n) is 10.6. The molecule has 0 aromatic heterocycles. The number of carbonyl (C=O) groups excluding carboxylic acids is 6. The van der Waals surface area contributed by atoms with E-state index in [0.717, 1.165) is 38.3 Å². The molecule has 0 aliphatic carbocycles. The number of aryl methyl sites for hydroxylation is 1. The maximum atomic E-state index is 13.0. The standard InChI is InChI=1S/C29H26N8O13S2/c1-13-10-19(20(50-3)12-21(13)51(44,45)46)31-26(40)23(14(2)38)36-35-18-9-8-17(11-22(18)52(47,48)49)30-25(39)15-4-6-16(7-5-15)34-37-24-27(41)32-29(43)33-28(24)42/h4-12,23-24H,1-3H3,(H,30,39)(H,31,40)(H,44,45,46)(H,47,48,49)(H2,32,33,41,42,43)/b36-35+,37-34+. The van der Waals surface area contributed by atoms with Gasteiger partial charge in [-0.05, 0) is 67.9 Å². The number of methoxy groups -OCH3 is 1. The largest absolute Gasteiger partial charge is 0.495 e. The lowest BCUT2D eigenvalue weighted by atomic mass is 10.1. The quantitative estimate of drug-likeness (QED) is 0.0878. The highest BCUT2D eigenvalue weighted by Crippen LogP contribution is 2.32. The minimum atomic E-state index is -5.03. The molecule has 1 atom stereocenters. The Bertz CT molecular complexity index is 2270. The molecule has 3 aromatic rings. The van der Waals surface area contributed by atoms with Gasteiger partial charge in [0.15, 0.2) is 5.78 Å². The number of rotatable bonds is 12. The molecule has 1 heterocycles. The van der Waals surface area contributed by atoms with Gasteiger partial charge in [-0.2, -0.15) is 37.3 Å². The average molecular weight is 759 g/mol. The van der Waals surface area contributed by atoms with Crippen LogP contribution in [0.3, 0.4) is 0 Å². The Kier molecular flexibility index (Phi) is 11.3. The molecule has 23 heteroatoms.